The Hall–Kier alpha value is -4.58. The van der Waals surface area contributed by atoms with Crippen LogP contribution in [-0.4, -0.2) is 32.0 Å². The van der Waals surface area contributed by atoms with Crippen LogP contribution >= 0.6 is 0 Å². The molecule has 0 unspecified atom stereocenters. The van der Waals surface area contributed by atoms with Crippen LogP contribution in [0.2, 0.25) is 0 Å². The van der Waals surface area contributed by atoms with E-state index in [4.69, 9.17) is 10.2 Å². The fraction of sp³-hybridized carbons (Fsp3) is 0.103. The predicted octanol–water partition coefficient (Wildman–Crippen LogP) is 5.32. The van der Waals surface area contributed by atoms with E-state index in [-0.39, 0.29) is 34.6 Å². The average Bonchev–Trinajstić information content (AvgIpc) is 2.85. The quantitative estimate of drug-likeness (QED) is 0.294. The smallest absolute Gasteiger partial charge is 0.193 e. The second-order valence-corrected chi connectivity index (χ2v) is 8.20. The molecule has 178 valence electrons. The molecule has 6 nitrogen and oxygen atoms in total. The molecule has 0 fully saturated rings. The summed E-state index contributed by atoms with van der Waals surface area (Å²) in [5.41, 5.74) is 1.83. The topological polar surface area (TPSA) is 115 Å². The summed E-state index contributed by atoms with van der Waals surface area (Å²) >= 11 is 0. The van der Waals surface area contributed by atoms with Gasteiger partial charge in [0.05, 0.1) is 5.41 Å². The summed E-state index contributed by atoms with van der Waals surface area (Å²) in [6.07, 6.45) is 0. The molecule has 0 aliphatic heterocycles. The molecule has 0 aromatic heterocycles. The number of ketones is 2. The van der Waals surface area contributed by atoms with Gasteiger partial charge >= 0.3 is 0 Å². The zero-order valence-electron chi connectivity index (χ0n) is 19.3. The molecule has 0 radical (unpaired) electrons. The first-order valence-corrected chi connectivity index (χ1v) is 10.8. The summed E-state index contributed by atoms with van der Waals surface area (Å²) in [6.45, 7) is 3.38. The normalized spacial score (nSPS) is 10.7. The molecule has 0 aliphatic carbocycles. The number of hydrogen-bond acceptors (Lipinski definition) is 6. The highest BCUT2D eigenvalue weighted by Crippen LogP contribution is 2.34. The van der Waals surface area contributed by atoms with E-state index in [9.17, 15) is 19.8 Å². The van der Waals surface area contributed by atoms with Crippen molar-refractivity contribution in [1.29, 1.82) is 0 Å². The van der Waals surface area contributed by atoms with E-state index >= 15 is 0 Å². The number of Topliss-reactive ketones (excluding diaryl/α,β-unsaturated/α-hetero) is 1. The minimum Gasteiger partial charge on any atom is -0.508 e. The third-order valence-electron chi connectivity index (χ3n) is 5.85. The Kier molecular flexibility index (Phi) is 7.56. The number of carbonyl (C=O) groups excluding carboxylic acids is 2. The van der Waals surface area contributed by atoms with Crippen molar-refractivity contribution >= 4 is 11.6 Å². The Balaban J connectivity index is 0.000000198. The number of phenols is 4. The van der Waals surface area contributed by atoms with Gasteiger partial charge < -0.3 is 20.4 Å². The van der Waals surface area contributed by atoms with Crippen LogP contribution in [0.5, 0.6) is 23.0 Å². The number of carbonyl (C=O) groups is 2. The number of benzene rings is 4. The molecule has 4 rings (SSSR count). The van der Waals surface area contributed by atoms with E-state index in [0.717, 1.165) is 11.1 Å². The molecule has 0 saturated heterocycles. The van der Waals surface area contributed by atoms with Crippen molar-refractivity contribution in [3.8, 4) is 23.0 Å². The van der Waals surface area contributed by atoms with Crippen LogP contribution in [-0.2, 0) is 10.2 Å². The monoisotopic (exact) mass is 470 g/mol. The van der Waals surface area contributed by atoms with E-state index in [1.807, 2.05) is 6.92 Å². The summed E-state index contributed by atoms with van der Waals surface area (Å²) in [6, 6.07) is 25.3. The minimum absolute atomic E-state index is 0.00359. The Morgan fingerprint density at radius 3 is 1.03 bits per heavy atom. The van der Waals surface area contributed by atoms with Crippen LogP contribution in [0.4, 0.5) is 0 Å². The zero-order valence-corrected chi connectivity index (χ0v) is 19.3. The van der Waals surface area contributed by atoms with Gasteiger partial charge in [0.15, 0.2) is 5.78 Å². The minimum atomic E-state index is -0.790. The zero-order chi connectivity index (χ0) is 25.6. The van der Waals surface area contributed by atoms with Gasteiger partial charge in [0.25, 0.3) is 0 Å². The van der Waals surface area contributed by atoms with E-state index in [0.29, 0.717) is 11.1 Å². The van der Waals surface area contributed by atoms with Gasteiger partial charge in [-0.1, -0.05) is 24.3 Å². The van der Waals surface area contributed by atoms with Gasteiger partial charge in [0, 0.05) is 11.1 Å². The second-order valence-electron chi connectivity index (χ2n) is 8.20. The first kappa shape index (κ1) is 25.1. The highest BCUT2D eigenvalue weighted by atomic mass is 16.3. The van der Waals surface area contributed by atoms with Gasteiger partial charge in [-0.2, -0.15) is 0 Å². The molecular weight excluding hydrogens is 444 g/mol. The standard InChI is InChI=1S/C16H16O3.C13H10O3/c1-11(17)16(2,12-3-7-14(18)8-4-12)13-5-9-15(19)10-6-13;14-11-5-1-9(2-6-11)13(16)10-3-7-12(15)8-4-10/h3-10,18-19H,1-2H3;1-8,14-15H. The predicted molar refractivity (Wildman–Crippen MR) is 133 cm³/mol. The van der Waals surface area contributed by atoms with E-state index in [2.05, 4.69) is 0 Å². The Morgan fingerprint density at radius 2 is 0.771 bits per heavy atom. The Labute approximate surface area is 203 Å². The number of hydrogen-bond donors (Lipinski definition) is 4. The lowest BCUT2D eigenvalue weighted by Crippen LogP contribution is -2.31. The Bertz CT molecular complexity index is 1200. The molecule has 6 heteroatoms. The number of rotatable bonds is 5. The number of phenolic OH excluding ortho intramolecular Hbond substituents is 4. The maximum atomic E-state index is 12.1. The van der Waals surface area contributed by atoms with Crippen molar-refractivity contribution < 1.29 is 30.0 Å². The van der Waals surface area contributed by atoms with Crippen LogP contribution < -0.4 is 0 Å². The maximum Gasteiger partial charge on any atom is 0.193 e. The number of aromatic hydroxyl groups is 4. The summed E-state index contributed by atoms with van der Waals surface area (Å²) in [7, 11) is 0. The van der Waals surface area contributed by atoms with Gasteiger partial charge in [-0.3, -0.25) is 9.59 Å². The van der Waals surface area contributed by atoms with Crippen molar-refractivity contribution in [2.24, 2.45) is 0 Å². The fourth-order valence-corrected chi connectivity index (χ4v) is 3.55. The lowest BCUT2D eigenvalue weighted by Gasteiger charge is -2.28. The third kappa shape index (κ3) is 5.86. The van der Waals surface area contributed by atoms with E-state index in [1.54, 1.807) is 79.7 Å². The van der Waals surface area contributed by atoms with Gasteiger partial charge in [0.2, 0.25) is 0 Å². The lowest BCUT2D eigenvalue weighted by atomic mass is 9.73. The molecule has 0 heterocycles. The first-order valence-electron chi connectivity index (χ1n) is 10.8. The molecule has 4 aromatic rings. The first-order chi connectivity index (χ1) is 16.6. The van der Waals surface area contributed by atoms with Crippen molar-refractivity contribution in [2.75, 3.05) is 0 Å². The maximum absolute atomic E-state index is 12.1. The second kappa shape index (κ2) is 10.6. The molecular formula is C29H26O6. The highest BCUT2D eigenvalue weighted by Gasteiger charge is 2.34. The largest absolute Gasteiger partial charge is 0.508 e. The third-order valence-corrected chi connectivity index (χ3v) is 5.85. The van der Waals surface area contributed by atoms with Crippen molar-refractivity contribution in [2.45, 2.75) is 19.3 Å². The van der Waals surface area contributed by atoms with Gasteiger partial charge in [0.1, 0.15) is 28.8 Å². The molecule has 4 aromatic carbocycles. The van der Waals surface area contributed by atoms with Crippen LogP contribution in [0.3, 0.4) is 0 Å². The summed E-state index contributed by atoms with van der Waals surface area (Å²) < 4.78 is 0. The SMILES string of the molecule is CC(=O)C(C)(c1ccc(O)cc1)c1ccc(O)cc1.O=C(c1ccc(O)cc1)c1ccc(O)cc1. The lowest BCUT2D eigenvalue weighted by molar-refractivity contribution is -0.120. The van der Waals surface area contributed by atoms with Crippen molar-refractivity contribution in [1.82, 2.24) is 0 Å². The molecule has 0 amide bonds. The van der Waals surface area contributed by atoms with Crippen molar-refractivity contribution in [3.05, 3.63) is 119 Å². The fourth-order valence-electron chi connectivity index (χ4n) is 3.55. The van der Waals surface area contributed by atoms with Crippen LogP contribution in [0.1, 0.15) is 40.9 Å². The molecule has 35 heavy (non-hydrogen) atoms. The molecule has 0 aliphatic rings. The molecule has 0 spiro atoms. The molecule has 0 saturated carbocycles. The highest BCUT2D eigenvalue weighted by molar-refractivity contribution is 6.09. The van der Waals surface area contributed by atoms with E-state index in [1.165, 1.54) is 24.3 Å². The van der Waals surface area contributed by atoms with Crippen molar-refractivity contribution in [3.63, 3.8) is 0 Å². The van der Waals surface area contributed by atoms with Crippen LogP contribution in [0.15, 0.2) is 97.1 Å². The van der Waals surface area contributed by atoms with Crippen LogP contribution in [0.25, 0.3) is 0 Å². The Morgan fingerprint density at radius 1 is 0.514 bits per heavy atom. The summed E-state index contributed by atoms with van der Waals surface area (Å²) in [5, 5.41) is 36.9. The average molecular weight is 471 g/mol. The molecule has 4 N–H and O–H groups in total. The summed E-state index contributed by atoms with van der Waals surface area (Å²) in [4.78, 5) is 24.0. The van der Waals surface area contributed by atoms with Gasteiger partial charge in [-0.15, -0.1) is 0 Å². The molecule has 0 bridgehead atoms. The van der Waals surface area contributed by atoms with Crippen LogP contribution in [0, 0.1) is 0 Å². The summed E-state index contributed by atoms with van der Waals surface area (Å²) in [5.74, 6) is 0.453. The molecule has 0 atom stereocenters. The van der Waals surface area contributed by atoms with Gasteiger partial charge in [-0.25, -0.2) is 0 Å². The van der Waals surface area contributed by atoms with E-state index < -0.39 is 5.41 Å². The van der Waals surface area contributed by atoms with Gasteiger partial charge in [-0.05, 0) is 97.8 Å².